The van der Waals surface area contributed by atoms with Gasteiger partial charge in [-0.15, -0.1) is 0 Å². The molecule has 0 saturated carbocycles. The molecular weight excluding hydrogens is 402 g/mol. The van der Waals surface area contributed by atoms with Gasteiger partial charge in [-0.05, 0) is 34.9 Å². The van der Waals surface area contributed by atoms with Crippen LogP contribution >= 0.6 is 11.6 Å². The minimum absolute atomic E-state index is 0.0548. The number of amides is 2. The van der Waals surface area contributed by atoms with Crippen molar-refractivity contribution in [1.82, 2.24) is 10.7 Å². The van der Waals surface area contributed by atoms with Gasteiger partial charge in [-0.1, -0.05) is 67.9 Å². The number of fused-ring (bicyclic) bond motifs is 1. The zero-order valence-electron chi connectivity index (χ0n) is 16.6. The van der Waals surface area contributed by atoms with Crippen LogP contribution in [0.15, 0.2) is 65.8 Å². The molecule has 30 heavy (non-hydrogen) atoms. The Labute approximate surface area is 179 Å². The molecule has 0 saturated heterocycles. The number of nitrogens with zero attached hydrogens (tertiary/aromatic N) is 1. The predicted octanol–water partition coefficient (Wildman–Crippen LogP) is 4.10. The number of rotatable bonds is 6. The van der Waals surface area contributed by atoms with Gasteiger partial charge in [0.1, 0.15) is 11.8 Å². The summed E-state index contributed by atoms with van der Waals surface area (Å²) in [5.74, 6) is -1.04. The Morgan fingerprint density at radius 1 is 1.03 bits per heavy atom. The topological polar surface area (TPSA) is 90.8 Å². The van der Waals surface area contributed by atoms with Crippen molar-refractivity contribution in [3.8, 4) is 5.75 Å². The molecule has 0 aliphatic heterocycles. The molecule has 0 spiro atoms. The third-order valence-electron chi connectivity index (χ3n) is 4.67. The van der Waals surface area contributed by atoms with Gasteiger partial charge < -0.3 is 10.4 Å². The summed E-state index contributed by atoms with van der Waals surface area (Å²) in [4.78, 5) is 25.2. The Balaban J connectivity index is 1.74. The Bertz CT molecular complexity index is 1110. The van der Waals surface area contributed by atoms with Crippen molar-refractivity contribution >= 4 is 40.4 Å². The molecule has 1 unspecified atom stereocenters. The minimum Gasteiger partial charge on any atom is -0.507 e. The first kappa shape index (κ1) is 21.3. The van der Waals surface area contributed by atoms with Crippen molar-refractivity contribution in [1.29, 1.82) is 0 Å². The van der Waals surface area contributed by atoms with Gasteiger partial charge in [-0.25, -0.2) is 5.43 Å². The number of halogens is 1. The molecule has 1 atom stereocenters. The number of hydrogen-bond acceptors (Lipinski definition) is 4. The summed E-state index contributed by atoms with van der Waals surface area (Å²) in [5.41, 5.74) is 3.24. The van der Waals surface area contributed by atoms with Crippen molar-refractivity contribution < 1.29 is 14.7 Å². The zero-order chi connectivity index (χ0) is 21.7. The van der Waals surface area contributed by atoms with E-state index in [9.17, 15) is 14.7 Å². The first-order valence-electron chi connectivity index (χ1n) is 9.47. The maximum absolute atomic E-state index is 12.6. The number of carbonyl (C=O) groups is 2. The second-order valence-corrected chi connectivity index (χ2v) is 7.54. The Kier molecular flexibility index (Phi) is 6.69. The average molecular weight is 424 g/mol. The molecule has 0 bridgehead atoms. The third kappa shape index (κ3) is 4.78. The monoisotopic (exact) mass is 423 g/mol. The third-order valence-corrected chi connectivity index (χ3v) is 5.00. The molecule has 2 amide bonds. The van der Waals surface area contributed by atoms with Crippen molar-refractivity contribution in [2.75, 3.05) is 0 Å². The average Bonchev–Trinajstić information content (AvgIpc) is 2.73. The van der Waals surface area contributed by atoms with Gasteiger partial charge >= 0.3 is 0 Å². The number of aromatic hydroxyl groups is 1. The predicted molar refractivity (Wildman–Crippen MR) is 119 cm³/mol. The summed E-state index contributed by atoms with van der Waals surface area (Å²) in [6.45, 7) is 3.63. The molecule has 0 radical (unpaired) electrons. The van der Waals surface area contributed by atoms with Gasteiger partial charge in [0.15, 0.2) is 0 Å². The molecule has 6 nitrogen and oxygen atoms in total. The number of hydrogen-bond donors (Lipinski definition) is 3. The molecule has 3 aromatic carbocycles. The number of benzene rings is 3. The highest BCUT2D eigenvalue weighted by atomic mass is 35.5. The number of phenols is 1. The minimum atomic E-state index is -0.813. The number of hydrazone groups is 1. The fourth-order valence-electron chi connectivity index (χ4n) is 3.05. The smallest absolute Gasteiger partial charge is 0.262 e. The van der Waals surface area contributed by atoms with Crippen LogP contribution in [0, 0.1) is 5.92 Å². The van der Waals surface area contributed by atoms with Crippen molar-refractivity contribution in [3.05, 3.63) is 76.8 Å². The largest absolute Gasteiger partial charge is 0.507 e. The van der Waals surface area contributed by atoms with Crippen LogP contribution in [0.5, 0.6) is 5.75 Å². The van der Waals surface area contributed by atoms with Crippen LogP contribution in [-0.2, 0) is 4.79 Å². The summed E-state index contributed by atoms with van der Waals surface area (Å²) in [7, 11) is 0. The SMILES string of the molecule is CC(C)C(NC(=O)c1ccccc1Cl)C(=O)N/N=C/c1c(O)ccc2ccccc12. The lowest BCUT2D eigenvalue weighted by Crippen LogP contribution is -2.48. The first-order valence-corrected chi connectivity index (χ1v) is 9.85. The fourth-order valence-corrected chi connectivity index (χ4v) is 3.27. The van der Waals surface area contributed by atoms with E-state index < -0.39 is 17.9 Å². The van der Waals surface area contributed by atoms with E-state index in [1.807, 2.05) is 38.1 Å². The Hall–Kier alpha value is -3.38. The van der Waals surface area contributed by atoms with Gasteiger partial charge in [0, 0.05) is 5.56 Å². The van der Waals surface area contributed by atoms with Crippen LogP contribution in [0.1, 0.15) is 29.8 Å². The summed E-state index contributed by atoms with van der Waals surface area (Å²) >= 11 is 6.07. The van der Waals surface area contributed by atoms with Gasteiger partial charge in [0.05, 0.1) is 16.8 Å². The van der Waals surface area contributed by atoms with E-state index in [2.05, 4.69) is 15.8 Å². The van der Waals surface area contributed by atoms with Gasteiger partial charge in [0.2, 0.25) is 0 Å². The molecule has 0 aromatic heterocycles. The van der Waals surface area contributed by atoms with Crippen LogP contribution in [0.25, 0.3) is 10.8 Å². The van der Waals surface area contributed by atoms with E-state index >= 15 is 0 Å². The number of nitrogens with one attached hydrogen (secondary N) is 2. The Morgan fingerprint density at radius 3 is 2.47 bits per heavy atom. The molecule has 3 rings (SSSR count). The van der Waals surface area contributed by atoms with Gasteiger partial charge in [0.25, 0.3) is 11.8 Å². The van der Waals surface area contributed by atoms with Crippen LogP contribution < -0.4 is 10.7 Å². The van der Waals surface area contributed by atoms with Gasteiger partial charge in [-0.2, -0.15) is 5.10 Å². The fraction of sp³-hybridized carbons (Fsp3) is 0.174. The molecule has 7 heteroatoms. The second kappa shape index (κ2) is 9.41. The highest BCUT2D eigenvalue weighted by Gasteiger charge is 2.25. The lowest BCUT2D eigenvalue weighted by atomic mass is 10.0. The number of carbonyl (C=O) groups excluding carboxylic acids is 2. The van der Waals surface area contributed by atoms with Crippen LogP contribution in [0.3, 0.4) is 0 Å². The molecule has 3 aromatic rings. The lowest BCUT2D eigenvalue weighted by molar-refractivity contribution is -0.123. The van der Waals surface area contributed by atoms with Crippen molar-refractivity contribution in [2.24, 2.45) is 11.0 Å². The van der Waals surface area contributed by atoms with Crippen LogP contribution in [-0.4, -0.2) is 29.2 Å². The van der Waals surface area contributed by atoms with Gasteiger partial charge in [-0.3, -0.25) is 9.59 Å². The van der Waals surface area contributed by atoms with E-state index in [1.165, 1.54) is 6.21 Å². The summed E-state index contributed by atoms with van der Waals surface area (Å²) in [6, 6.07) is 16.7. The van der Waals surface area contributed by atoms with E-state index in [0.717, 1.165) is 10.8 Å². The molecular formula is C23H22ClN3O3. The van der Waals surface area contributed by atoms with Crippen LogP contribution in [0.4, 0.5) is 0 Å². The number of phenolic OH excluding ortho intramolecular Hbond substituents is 1. The maximum Gasteiger partial charge on any atom is 0.262 e. The van der Waals surface area contributed by atoms with Crippen molar-refractivity contribution in [3.63, 3.8) is 0 Å². The highest BCUT2D eigenvalue weighted by molar-refractivity contribution is 6.33. The molecule has 0 heterocycles. The molecule has 3 N–H and O–H groups in total. The molecule has 0 aliphatic rings. The van der Waals surface area contributed by atoms with E-state index in [1.54, 1.807) is 36.4 Å². The highest BCUT2D eigenvalue weighted by Crippen LogP contribution is 2.25. The van der Waals surface area contributed by atoms with E-state index in [0.29, 0.717) is 16.1 Å². The summed E-state index contributed by atoms with van der Waals surface area (Å²) < 4.78 is 0. The molecule has 0 fully saturated rings. The zero-order valence-corrected chi connectivity index (χ0v) is 17.4. The van der Waals surface area contributed by atoms with E-state index in [4.69, 9.17) is 11.6 Å². The van der Waals surface area contributed by atoms with Crippen molar-refractivity contribution in [2.45, 2.75) is 19.9 Å². The van der Waals surface area contributed by atoms with E-state index in [-0.39, 0.29) is 11.7 Å². The second-order valence-electron chi connectivity index (χ2n) is 7.13. The summed E-state index contributed by atoms with van der Waals surface area (Å²) in [5, 5.41) is 18.9. The first-order chi connectivity index (χ1) is 14.4. The lowest BCUT2D eigenvalue weighted by Gasteiger charge is -2.20. The summed E-state index contributed by atoms with van der Waals surface area (Å²) in [6.07, 6.45) is 1.39. The Morgan fingerprint density at radius 2 is 1.73 bits per heavy atom. The molecule has 0 aliphatic carbocycles. The normalized spacial score (nSPS) is 12.3. The molecule has 154 valence electrons. The standard InChI is InChI=1S/C23H22ClN3O3/c1-14(2)21(26-22(29)17-9-5-6-10-19(17)24)23(30)27-25-13-18-16-8-4-3-7-15(16)11-12-20(18)28/h3-14,21,28H,1-2H3,(H,26,29)(H,27,30)/b25-13+. The maximum atomic E-state index is 12.6. The quantitative estimate of drug-likeness (QED) is 0.411. The van der Waals surface area contributed by atoms with Crippen LogP contribution in [0.2, 0.25) is 5.02 Å².